The fraction of sp³-hybridized carbons (Fsp3) is 0.556. The van der Waals surface area contributed by atoms with Gasteiger partial charge in [-0.05, 0) is 39.1 Å². The van der Waals surface area contributed by atoms with Crippen molar-refractivity contribution in [3.05, 3.63) is 38.8 Å². The van der Waals surface area contributed by atoms with Gasteiger partial charge in [-0.2, -0.15) is 5.10 Å². The minimum atomic E-state index is -0.608. The molecule has 25 heavy (non-hydrogen) atoms. The number of rotatable bonds is 5. The predicted octanol–water partition coefficient (Wildman–Crippen LogP) is 2.07. The van der Waals surface area contributed by atoms with Crippen LogP contribution in [0.15, 0.2) is 11.4 Å². The van der Waals surface area contributed by atoms with Crippen LogP contribution in [-0.2, 0) is 19.5 Å². The Balaban J connectivity index is 1.77. The van der Waals surface area contributed by atoms with E-state index in [4.69, 9.17) is 0 Å². The number of aliphatic hydroxyl groups is 1. The molecule has 1 aliphatic heterocycles. The topological polar surface area (TPSA) is 61.6 Å². The zero-order valence-electron chi connectivity index (χ0n) is 15.3. The first-order valence-electron chi connectivity index (χ1n) is 8.66. The van der Waals surface area contributed by atoms with Crippen LogP contribution in [0.3, 0.4) is 0 Å². The van der Waals surface area contributed by atoms with Crippen molar-refractivity contribution in [3.63, 3.8) is 0 Å². The summed E-state index contributed by atoms with van der Waals surface area (Å²) in [5, 5.41) is 16.8. The highest BCUT2D eigenvalue weighted by Gasteiger charge is 2.26. The van der Waals surface area contributed by atoms with E-state index in [9.17, 15) is 9.90 Å². The molecule has 1 N–H and O–H groups in total. The second-order valence-electron chi connectivity index (χ2n) is 6.83. The van der Waals surface area contributed by atoms with Crippen LogP contribution >= 0.6 is 11.3 Å². The number of hydrogen-bond donors (Lipinski definition) is 1. The number of nitrogens with zero attached hydrogens (tertiary/aromatic N) is 4. The van der Waals surface area contributed by atoms with Gasteiger partial charge < -0.3 is 14.9 Å². The van der Waals surface area contributed by atoms with E-state index in [2.05, 4.69) is 18.9 Å². The number of carbonyl (C=O) groups excluding carboxylic acids is 1. The van der Waals surface area contributed by atoms with Crippen LogP contribution in [0.25, 0.3) is 0 Å². The highest BCUT2D eigenvalue weighted by molar-refractivity contribution is 7.10. The molecule has 7 heteroatoms. The maximum atomic E-state index is 12.9. The molecule has 0 unspecified atom stereocenters. The SMILES string of the molecule is CCc1c(C(=O)N2CCn3nc([C@@H](O)CN(C)C)cc3C2)csc1C. The molecule has 0 spiro atoms. The van der Waals surface area contributed by atoms with E-state index in [1.54, 1.807) is 11.3 Å². The minimum absolute atomic E-state index is 0.101. The first kappa shape index (κ1) is 18.1. The molecular formula is C18H26N4O2S. The third-order valence-electron chi connectivity index (χ3n) is 4.67. The molecule has 3 heterocycles. The number of carbonyl (C=O) groups is 1. The van der Waals surface area contributed by atoms with Gasteiger partial charge in [0.2, 0.25) is 0 Å². The van der Waals surface area contributed by atoms with E-state index in [0.717, 1.165) is 23.2 Å². The molecule has 0 fully saturated rings. The molecule has 0 aliphatic carbocycles. The summed E-state index contributed by atoms with van der Waals surface area (Å²) in [7, 11) is 3.85. The minimum Gasteiger partial charge on any atom is -0.385 e. The fourth-order valence-corrected chi connectivity index (χ4v) is 4.27. The second kappa shape index (κ2) is 7.27. The molecule has 1 amide bonds. The van der Waals surface area contributed by atoms with E-state index >= 15 is 0 Å². The lowest BCUT2D eigenvalue weighted by atomic mass is 10.1. The summed E-state index contributed by atoms with van der Waals surface area (Å²) in [5.74, 6) is 0.101. The van der Waals surface area contributed by atoms with E-state index < -0.39 is 6.10 Å². The number of aryl methyl sites for hydroxylation is 1. The maximum Gasteiger partial charge on any atom is 0.255 e. The first-order chi connectivity index (χ1) is 11.9. The Morgan fingerprint density at radius 3 is 2.88 bits per heavy atom. The molecule has 0 saturated carbocycles. The molecule has 0 radical (unpaired) electrons. The maximum absolute atomic E-state index is 12.9. The molecule has 0 saturated heterocycles. The summed E-state index contributed by atoms with van der Waals surface area (Å²) >= 11 is 1.64. The van der Waals surface area contributed by atoms with Crippen LogP contribution in [0.1, 0.15) is 45.2 Å². The van der Waals surface area contributed by atoms with Crippen molar-refractivity contribution in [1.29, 1.82) is 0 Å². The van der Waals surface area contributed by atoms with Gasteiger partial charge in [0.1, 0.15) is 6.10 Å². The van der Waals surface area contributed by atoms with Gasteiger partial charge in [-0.15, -0.1) is 11.3 Å². The van der Waals surface area contributed by atoms with Crippen molar-refractivity contribution in [3.8, 4) is 0 Å². The summed E-state index contributed by atoms with van der Waals surface area (Å²) in [6, 6.07) is 1.92. The molecule has 2 aromatic heterocycles. The van der Waals surface area contributed by atoms with Gasteiger partial charge in [-0.3, -0.25) is 9.48 Å². The number of fused-ring (bicyclic) bond motifs is 1. The van der Waals surface area contributed by atoms with Crippen molar-refractivity contribution < 1.29 is 9.90 Å². The van der Waals surface area contributed by atoms with Crippen LogP contribution in [0.5, 0.6) is 0 Å². The Kier molecular flexibility index (Phi) is 5.27. The average Bonchev–Trinajstić information content (AvgIpc) is 3.15. The Hall–Kier alpha value is -1.70. The Bertz CT molecular complexity index is 765. The number of likely N-dealkylation sites (N-methyl/N-ethyl adjacent to an activating group) is 1. The summed E-state index contributed by atoms with van der Waals surface area (Å²) < 4.78 is 1.91. The second-order valence-corrected chi connectivity index (χ2v) is 7.91. The number of thiophene rings is 1. The van der Waals surface area contributed by atoms with Crippen LogP contribution in [0.2, 0.25) is 0 Å². The van der Waals surface area contributed by atoms with E-state index in [-0.39, 0.29) is 5.91 Å². The zero-order chi connectivity index (χ0) is 18.1. The predicted molar refractivity (Wildman–Crippen MR) is 98.9 cm³/mol. The number of aromatic nitrogens is 2. The van der Waals surface area contributed by atoms with Crippen molar-refractivity contribution >= 4 is 17.2 Å². The monoisotopic (exact) mass is 362 g/mol. The smallest absolute Gasteiger partial charge is 0.255 e. The summed E-state index contributed by atoms with van der Waals surface area (Å²) in [4.78, 5) is 18.0. The lowest BCUT2D eigenvalue weighted by Crippen LogP contribution is -2.38. The number of hydrogen-bond acceptors (Lipinski definition) is 5. The van der Waals surface area contributed by atoms with Gasteiger partial charge in [0, 0.05) is 23.3 Å². The van der Waals surface area contributed by atoms with Crippen molar-refractivity contribution in [2.24, 2.45) is 0 Å². The number of aliphatic hydroxyl groups excluding tert-OH is 1. The molecule has 1 atom stereocenters. The summed E-state index contributed by atoms with van der Waals surface area (Å²) in [6.07, 6.45) is 0.270. The Labute approximate surface area is 152 Å². The molecule has 0 aromatic carbocycles. The lowest BCUT2D eigenvalue weighted by Gasteiger charge is -2.27. The Morgan fingerprint density at radius 2 is 2.20 bits per heavy atom. The molecule has 0 bridgehead atoms. The highest BCUT2D eigenvalue weighted by Crippen LogP contribution is 2.26. The molecule has 3 rings (SSSR count). The highest BCUT2D eigenvalue weighted by atomic mass is 32.1. The van der Waals surface area contributed by atoms with Crippen molar-refractivity contribution in [1.82, 2.24) is 19.6 Å². The third kappa shape index (κ3) is 3.63. The molecule has 6 nitrogen and oxygen atoms in total. The zero-order valence-corrected chi connectivity index (χ0v) is 16.1. The van der Waals surface area contributed by atoms with Crippen LogP contribution in [-0.4, -0.2) is 57.8 Å². The van der Waals surface area contributed by atoms with Crippen molar-refractivity contribution in [2.75, 3.05) is 27.2 Å². The fourth-order valence-electron chi connectivity index (χ4n) is 3.33. The van der Waals surface area contributed by atoms with Gasteiger partial charge in [0.15, 0.2) is 0 Å². The van der Waals surface area contributed by atoms with Gasteiger partial charge >= 0.3 is 0 Å². The van der Waals surface area contributed by atoms with Crippen molar-refractivity contribution in [2.45, 2.75) is 39.5 Å². The van der Waals surface area contributed by atoms with E-state index in [1.165, 1.54) is 4.88 Å². The van der Waals surface area contributed by atoms with Crippen LogP contribution in [0.4, 0.5) is 0 Å². The van der Waals surface area contributed by atoms with E-state index in [1.807, 2.05) is 40.0 Å². The first-order valence-corrected chi connectivity index (χ1v) is 9.54. The molecule has 136 valence electrons. The van der Waals surface area contributed by atoms with Gasteiger partial charge in [-0.25, -0.2) is 0 Å². The normalized spacial score (nSPS) is 15.5. The Morgan fingerprint density at radius 1 is 1.44 bits per heavy atom. The van der Waals surface area contributed by atoms with Crippen LogP contribution < -0.4 is 0 Å². The summed E-state index contributed by atoms with van der Waals surface area (Å²) in [6.45, 7) is 6.56. The molecule has 2 aromatic rings. The molecule has 1 aliphatic rings. The van der Waals surface area contributed by atoms with Gasteiger partial charge in [-0.1, -0.05) is 6.92 Å². The third-order valence-corrected chi connectivity index (χ3v) is 5.62. The summed E-state index contributed by atoms with van der Waals surface area (Å²) in [5.41, 5.74) is 3.66. The van der Waals surface area contributed by atoms with Crippen LogP contribution in [0, 0.1) is 6.92 Å². The van der Waals surface area contributed by atoms with Gasteiger partial charge in [0.05, 0.1) is 30.0 Å². The largest absolute Gasteiger partial charge is 0.385 e. The standard InChI is InChI=1S/C18H26N4O2S/c1-5-14-12(2)25-11-15(14)18(24)21-6-7-22-13(9-21)8-16(19-22)17(23)10-20(3)4/h8,11,17,23H,5-7,9-10H2,1-4H3/t17-/m0/s1. The average molecular weight is 362 g/mol. The quantitative estimate of drug-likeness (QED) is 0.884. The van der Waals surface area contributed by atoms with Gasteiger partial charge in [0.25, 0.3) is 5.91 Å². The van der Waals surface area contributed by atoms with E-state index in [0.29, 0.717) is 31.9 Å². The lowest BCUT2D eigenvalue weighted by molar-refractivity contribution is 0.0705. The molecular weight excluding hydrogens is 336 g/mol. The number of amides is 1.